The average Bonchev–Trinajstić information content (AvgIpc) is 2.83. The van der Waals surface area contributed by atoms with Crippen LogP contribution < -0.4 is 10.2 Å². The van der Waals surface area contributed by atoms with Gasteiger partial charge in [0.2, 0.25) is 0 Å². The smallest absolute Gasteiger partial charge is 0.338 e. The molecular formula is C15H20N2O5S. The summed E-state index contributed by atoms with van der Waals surface area (Å²) >= 11 is 0. The van der Waals surface area contributed by atoms with Crippen molar-refractivity contribution in [2.24, 2.45) is 0 Å². The number of amides is 1. The molecule has 1 N–H and O–H groups in total. The predicted octanol–water partition coefficient (Wildman–Crippen LogP) is 0.213. The maximum absolute atomic E-state index is 11.9. The molecule has 1 heterocycles. The van der Waals surface area contributed by atoms with Crippen molar-refractivity contribution < 1.29 is 22.7 Å². The van der Waals surface area contributed by atoms with Crippen molar-refractivity contribution in [3.63, 3.8) is 0 Å². The number of carbonyl (C=O) groups excluding carboxylic acids is 2. The Bertz CT molecular complexity index is 682. The number of nitrogens with zero attached hydrogens (tertiary/aromatic N) is 1. The largest absolute Gasteiger partial charge is 0.452 e. The van der Waals surface area contributed by atoms with Crippen LogP contribution in [0.2, 0.25) is 0 Å². The summed E-state index contributed by atoms with van der Waals surface area (Å²) in [6.45, 7) is -0.426. The number of hydrogen-bond acceptors (Lipinski definition) is 6. The fourth-order valence-corrected chi connectivity index (χ4v) is 3.96. The highest BCUT2D eigenvalue weighted by Gasteiger charge is 2.29. The van der Waals surface area contributed by atoms with E-state index in [4.69, 9.17) is 4.74 Å². The third-order valence-corrected chi connectivity index (χ3v) is 5.32. The summed E-state index contributed by atoms with van der Waals surface area (Å²) in [5.74, 6) is -1.07. The lowest BCUT2D eigenvalue weighted by atomic mass is 10.2. The molecule has 1 amide bonds. The van der Waals surface area contributed by atoms with Crippen LogP contribution in [0, 0.1) is 0 Å². The molecule has 0 saturated carbocycles. The standard InChI is InChI=1S/C15H20N2O5S/c1-17(2)13-5-3-11(4-6-13)15(19)22-9-14(18)16-12-7-8-23(20,21)10-12/h3-6,12H,7-10H2,1-2H3,(H,16,18)/t12-/m0/s1. The predicted molar refractivity (Wildman–Crippen MR) is 86.3 cm³/mol. The number of anilines is 1. The van der Waals surface area contributed by atoms with E-state index in [1.807, 2.05) is 19.0 Å². The molecule has 0 radical (unpaired) electrons. The molecule has 2 rings (SSSR count). The molecule has 1 aromatic rings. The molecule has 0 aliphatic carbocycles. The third-order valence-electron chi connectivity index (χ3n) is 3.55. The molecule has 1 atom stereocenters. The summed E-state index contributed by atoms with van der Waals surface area (Å²) in [5.41, 5.74) is 1.30. The minimum absolute atomic E-state index is 0.0569. The van der Waals surface area contributed by atoms with E-state index in [-0.39, 0.29) is 11.5 Å². The van der Waals surface area contributed by atoms with Crippen LogP contribution in [0.4, 0.5) is 5.69 Å². The Morgan fingerprint density at radius 3 is 2.43 bits per heavy atom. The first-order valence-electron chi connectivity index (χ1n) is 7.21. The first kappa shape index (κ1) is 17.3. The summed E-state index contributed by atoms with van der Waals surface area (Å²) in [6, 6.07) is 6.41. The number of hydrogen-bond donors (Lipinski definition) is 1. The summed E-state index contributed by atoms with van der Waals surface area (Å²) in [6.07, 6.45) is 0.397. The Kier molecular flexibility index (Phi) is 5.25. The van der Waals surface area contributed by atoms with Crippen LogP contribution in [-0.2, 0) is 19.4 Å². The normalized spacial score (nSPS) is 19.1. The lowest BCUT2D eigenvalue weighted by Crippen LogP contribution is -2.38. The van der Waals surface area contributed by atoms with Crippen LogP contribution in [-0.4, -0.2) is 58.5 Å². The van der Waals surface area contributed by atoms with Crippen molar-refractivity contribution in [3.8, 4) is 0 Å². The lowest BCUT2D eigenvalue weighted by molar-refractivity contribution is -0.124. The number of benzene rings is 1. The molecule has 1 aliphatic rings. The second kappa shape index (κ2) is 6.99. The Balaban J connectivity index is 1.81. The van der Waals surface area contributed by atoms with Crippen molar-refractivity contribution in [1.82, 2.24) is 5.32 Å². The first-order chi connectivity index (χ1) is 10.8. The fraction of sp³-hybridized carbons (Fsp3) is 0.467. The zero-order valence-electron chi connectivity index (χ0n) is 13.1. The molecule has 0 unspecified atom stereocenters. The van der Waals surface area contributed by atoms with Gasteiger partial charge in [0.05, 0.1) is 17.1 Å². The number of rotatable bonds is 5. The van der Waals surface area contributed by atoms with Gasteiger partial charge < -0.3 is 15.0 Å². The minimum Gasteiger partial charge on any atom is -0.452 e. The number of esters is 1. The average molecular weight is 340 g/mol. The van der Waals surface area contributed by atoms with E-state index >= 15 is 0 Å². The molecule has 7 nitrogen and oxygen atoms in total. The van der Waals surface area contributed by atoms with Crippen LogP contribution in [0.1, 0.15) is 16.8 Å². The van der Waals surface area contributed by atoms with Crippen LogP contribution in [0.15, 0.2) is 24.3 Å². The van der Waals surface area contributed by atoms with Gasteiger partial charge in [-0.3, -0.25) is 4.79 Å². The van der Waals surface area contributed by atoms with E-state index in [1.54, 1.807) is 24.3 Å². The van der Waals surface area contributed by atoms with Gasteiger partial charge in [-0.2, -0.15) is 0 Å². The Morgan fingerprint density at radius 2 is 1.91 bits per heavy atom. The first-order valence-corrected chi connectivity index (χ1v) is 9.03. The minimum atomic E-state index is -3.05. The second-order valence-corrected chi connectivity index (χ2v) is 7.91. The number of sulfone groups is 1. The van der Waals surface area contributed by atoms with Gasteiger partial charge >= 0.3 is 5.97 Å². The molecule has 23 heavy (non-hydrogen) atoms. The summed E-state index contributed by atoms with van der Waals surface area (Å²) in [5, 5.41) is 2.56. The number of carbonyl (C=O) groups is 2. The third kappa shape index (κ3) is 4.95. The van der Waals surface area contributed by atoms with E-state index < -0.39 is 34.4 Å². The summed E-state index contributed by atoms with van der Waals surface area (Å²) in [4.78, 5) is 25.5. The van der Waals surface area contributed by atoms with E-state index in [0.717, 1.165) is 5.69 Å². The molecule has 126 valence electrons. The van der Waals surface area contributed by atoms with E-state index in [1.165, 1.54) is 0 Å². The van der Waals surface area contributed by atoms with Crippen LogP contribution in [0.5, 0.6) is 0 Å². The number of nitrogens with one attached hydrogen (secondary N) is 1. The van der Waals surface area contributed by atoms with Gasteiger partial charge in [-0.15, -0.1) is 0 Å². The quantitative estimate of drug-likeness (QED) is 0.771. The molecule has 1 fully saturated rings. The van der Waals surface area contributed by atoms with E-state index in [0.29, 0.717) is 12.0 Å². The Morgan fingerprint density at radius 1 is 1.26 bits per heavy atom. The zero-order valence-corrected chi connectivity index (χ0v) is 13.9. The van der Waals surface area contributed by atoms with Gasteiger partial charge in [-0.1, -0.05) is 0 Å². The molecule has 1 aliphatic heterocycles. The summed E-state index contributed by atoms with van der Waals surface area (Å²) in [7, 11) is 0.727. The highest BCUT2D eigenvalue weighted by molar-refractivity contribution is 7.91. The molecule has 0 spiro atoms. The topological polar surface area (TPSA) is 92.8 Å². The number of ether oxygens (including phenoxy) is 1. The maximum atomic E-state index is 11.9. The fourth-order valence-electron chi connectivity index (χ4n) is 2.29. The van der Waals surface area contributed by atoms with E-state index in [2.05, 4.69) is 5.32 Å². The SMILES string of the molecule is CN(C)c1ccc(C(=O)OCC(=O)N[C@H]2CCS(=O)(=O)C2)cc1. The summed E-state index contributed by atoms with van der Waals surface area (Å²) < 4.78 is 27.6. The maximum Gasteiger partial charge on any atom is 0.338 e. The lowest BCUT2D eigenvalue weighted by Gasteiger charge is -2.13. The molecule has 1 saturated heterocycles. The molecule has 0 bridgehead atoms. The van der Waals surface area contributed by atoms with Crippen molar-refractivity contribution in [3.05, 3.63) is 29.8 Å². The van der Waals surface area contributed by atoms with Gasteiger partial charge in [0.15, 0.2) is 16.4 Å². The van der Waals surface area contributed by atoms with Gasteiger partial charge in [0.25, 0.3) is 5.91 Å². The monoisotopic (exact) mass is 340 g/mol. The van der Waals surface area contributed by atoms with Gasteiger partial charge in [0, 0.05) is 25.8 Å². The highest BCUT2D eigenvalue weighted by atomic mass is 32.2. The van der Waals surface area contributed by atoms with Gasteiger partial charge in [0.1, 0.15) is 0 Å². The van der Waals surface area contributed by atoms with Crippen molar-refractivity contribution in [2.75, 3.05) is 37.1 Å². The van der Waals surface area contributed by atoms with Crippen LogP contribution in [0.25, 0.3) is 0 Å². The highest BCUT2D eigenvalue weighted by Crippen LogP contribution is 2.13. The molecular weight excluding hydrogens is 320 g/mol. The molecule has 0 aromatic heterocycles. The van der Waals surface area contributed by atoms with Gasteiger partial charge in [-0.25, -0.2) is 13.2 Å². The van der Waals surface area contributed by atoms with Crippen molar-refractivity contribution in [2.45, 2.75) is 12.5 Å². The second-order valence-electron chi connectivity index (χ2n) is 5.68. The van der Waals surface area contributed by atoms with E-state index in [9.17, 15) is 18.0 Å². The molecule has 8 heteroatoms. The van der Waals surface area contributed by atoms with Crippen LogP contribution >= 0.6 is 0 Å². The Labute approximate surface area is 135 Å². The van der Waals surface area contributed by atoms with Gasteiger partial charge in [-0.05, 0) is 30.7 Å². The zero-order chi connectivity index (χ0) is 17.0. The molecule has 1 aromatic carbocycles. The van der Waals surface area contributed by atoms with Crippen molar-refractivity contribution >= 4 is 27.4 Å². The van der Waals surface area contributed by atoms with Crippen molar-refractivity contribution in [1.29, 1.82) is 0 Å². The Hall–Kier alpha value is -2.09. The van der Waals surface area contributed by atoms with Crippen LogP contribution in [0.3, 0.4) is 0 Å².